The number of hydrogen-bond acceptors (Lipinski definition) is 2. The van der Waals surface area contributed by atoms with Crippen LogP contribution < -0.4 is 5.32 Å². The molecule has 0 heterocycles. The van der Waals surface area contributed by atoms with Crippen LogP contribution in [0.4, 0.5) is 0 Å². The van der Waals surface area contributed by atoms with Crippen molar-refractivity contribution < 1.29 is 4.79 Å². The van der Waals surface area contributed by atoms with Gasteiger partial charge in [0.05, 0.1) is 0 Å². The standard InChI is InChI=1S/C7H12N2O/c1-3-4-6(2)7(10)9-5-8/h6H,3-4H2,1-2H3,(H,9,10). The third-order valence-corrected chi connectivity index (χ3v) is 1.35. The minimum Gasteiger partial charge on any atom is -0.274 e. The topological polar surface area (TPSA) is 52.9 Å². The van der Waals surface area contributed by atoms with Crippen LogP contribution in [-0.2, 0) is 4.79 Å². The molecule has 0 aromatic heterocycles. The first-order chi connectivity index (χ1) is 4.72. The second-order valence-electron chi connectivity index (χ2n) is 2.29. The molecule has 1 amide bonds. The van der Waals surface area contributed by atoms with Gasteiger partial charge in [-0.2, -0.15) is 5.26 Å². The van der Waals surface area contributed by atoms with E-state index in [1.54, 1.807) is 6.19 Å². The van der Waals surface area contributed by atoms with E-state index in [0.717, 1.165) is 12.8 Å². The summed E-state index contributed by atoms with van der Waals surface area (Å²) in [5, 5.41) is 10.2. The molecule has 0 rings (SSSR count). The van der Waals surface area contributed by atoms with Gasteiger partial charge in [0.25, 0.3) is 0 Å². The number of nitrogens with zero attached hydrogens (tertiary/aromatic N) is 1. The number of rotatable bonds is 3. The van der Waals surface area contributed by atoms with Crippen molar-refractivity contribution in [2.24, 2.45) is 5.92 Å². The molecule has 0 aromatic carbocycles. The Hall–Kier alpha value is -1.04. The average Bonchev–Trinajstić information content (AvgIpc) is 1.89. The lowest BCUT2D eigenvalue weighted by Crippen LogP contribution is -2.24. The van der Waals surface area contributed by atoms with E-state index in [0.29, 0.717) is 0 Å². The molecule has 0 aliphatic rings. The Morgan fingerprint density at radius 2 is 2.40 bits per heavy atom. The third kappa shape index (κ3) is 3.08. The van der Waals surface area contributed by atoms with E-state index in [-0.39, 0.29) is 11.8 Å². The average molecular weight is 140 g/mol. The monoisotopic (exact) mass is 140 g/mol. The lowest BCUT2D eigenvalue weighted by Gasteiger charge is -2.04. The zero-order chi connectivity index (χ0) is 7.98. The fourth-order valence-corrected chi connectivity index (χ4v) is 0.742. The van der Waals surface area contributed by atoms with Crippen molar-refractivity contribution in [2.75, 3.05) is 0 Å². The Labute approximate surface area is 61.0 Å². The minimum absolute atomic E-state index is 0.0374. The van der Waals surface area contributed by atoms with E-state index in [9.17, 15) is 4.79 Å². The van der Waals surface area contributed by atoms with Crippen LogP contribution in [0.1, 0.15) is 26.7 Å². The molecule has 0 aliphatic carbocycles. The van der Waals surface area contributed by atoms with E-state index in [2.05, 4.69) is 5.32 Å². The number of carbonyl (C=O) groups is 1. The summed E-state index contributed by atoms with van der Waals surface area (Å²) in [4.78, 5) is 10.8. The fraction of sp³-hybridized carbons (Fsp3) is 0.714. The predicted molar refractivity (Wildman–Crippen MR) is 37.8 cm³/mol. The van der Waals surface area contributed by atoms with Crippen molar-refractivity contribution in [3.8, 4) is 6.19 Å². The quantitative estimate of drug-likeness (QED) is 0.470. The van der Waals surface area contributed by atoms with Gasteiger partial charge in [0.1, 0.15) is 0 Å². The van der Waals surface area contributed by atoms with Gasteiger partial charge < -0.3 is 0 Å². The molecule has 10 heavy (non-hydrogen) atoms. The summed E-state index contributed by atoms with van der Waals surface area (Å²) in [6.07, 6.45) is 3.42. The van der Waals surface area contributed by atoms with Crippen LogP contribution in [0.3, 0.4) is 0 Å². The van der Waals surface area contributed by atoms with Crippen molar-refractivity contribution in [1.29, 1.82) is 5.26 Å². The number of amides is 1. The molecule has 0 saturated heterocycles. The summed E-state index contributed by atoms with van der Waals surface area (Å²) in [6, 6.07) is 0. The van der Waals surface area contributed by atoms with Crippen molar-refractivity contribution in [1.82, 2.24) is 5.32 Å². The molecule has 0 aromatic rings. The molecule has 3 heteroatoms. The first kappa shape index (κ1) is 8.96. The molecule has 0 aliphatic heterocycles. The molecule has 0 spiro atoms. The Kier molecular flexibility index (Phi) is 4.30. The Morgan fingerprint density at radius 1 is 1.80 bits per heavy atom. The summed E-state index contributed by atoms with van der Waals surface area (Å²) < 4.78 is 0. The van der Waals surface area contributed by atoms with Gasteiger partial charge in [0.2, 0.25) is 5.91 Å². The summed E-state index contributed by atoms with van der Waals surface area (Å²) in [6.45, 7) is 3.83. The van der Waals surface area contributed by atoms with E-state index in [1.807, 2.05) is 13.8 Å². The second kappa shape index (κ2) is 4.80. The lowest BCUT2D eigenvalue weighted by molar-refractivity contribution is -0.123. The lowest BCUT2D eigenvalue weighted by atomic mass is 10.1. The van der Waals surface area contributed by atoms with Crippen LogP contribution in [-0.4, -0.2) is 5.91 Å². The smallest absolute Gasteiger partial charge is 0.235 e. The highest BCUT2D eigenvalue weighted by Crippen LogP contribution is 2.03. The maximum Gasteiger partial charge on any atom is 0.235 e. The molecular weight excluding hydrogens is 128 g/mol. The van der Waals surface area contributed by atoms with Gasteiger partial charge >= 0.3 is 0 Å². The van der Waals surface area contributed by atoms with Crippen molar-refractivity contribution in [3.63, 3.8) is 0 Å². The maximum atomic E-state index is 10.8. The first-order valence-corrected chi connectivity index (χ1v) is 3.41. The number of hydrogen-bond donors (Lipinski definition) is 1. The van der Waals surface area contributed by atoms with Crippen LogP contribution in [0.15, 0.2) is 0 Å². The summed E-state index contributed by atoms with van der Waals surface area (Å²) in [5.74, 6) is -0.214. The van der Waals surface area contributed by atoms with Crippen LogP contribution in [0.5, 0.6) is 0 Å². The van der Waals surface area contributed by atoms with Gasteiger partial charge in [-0.3, -0.25) is 10.1 Å². The Balaban J connectivity index is 3.62. The zero-order valence-electron chi connectivity index (χ0n) is 6.35. The van der Waals surface area contributed by atoms with Gasteiger partial charge in [-0.1, -0.05) is 20.3 Å². The Bertz CT molecular complexity index is 148. The normalized spacial score (nSPS) is 11.7. The van der Waals surface area contributed by atoms with E-state index in [1.165, 1.54) is 0 Å². The van der Waals surface area contributed by atoms with Crippen LogP contribution >= 0.6 is 0 Å². The minimum atomic E-state index is -0.177. The Morgan fingerprint density at radius 3 is 2.80 bits per heavy atom. The van der Waals surface area contributed by atoms with Gasteiger partial charge in [-0.25, -0.2) is 0 Å². The summed E-state index contributed by atoms with van der Waals surface area (Å²) >= 11 is 0. The SMILES string of the molecule is CCCC(C)C(=O)NC#N. The number of nitrogens with one attached hydrogen (secondary N) is 1. The van der Waals surface area contributed by atoms with E-state index in [4.69, 9.17) is 5.26 Å². The van der Waals surface area contributed by atoms with Crippen molar-refractivity contribution >= 4 is 5.91 Å². The maximum absolute atomic E-state index is 10.8. The van der Waals surface area contributed by atoms with Gasteiger partial charge in [-0.05, 0) is 6.42 Å². The molecule has 1 unspecified atom stereocenters. The van der Waals surface area contributed by atoms with Crippen LogP contribution in [0.2, 0.25) is 0 Å². The first-order valence-electron chi connectivity index (χ1n) is 3.41. The van der Waals surface area contributed by atoms with Gasteiger partial charge in [0, 0.05) is 5.92 Å². The van der Waals surface area contributed by atoms with Gasteiger partial charge in [-0.15, -0.1) is 0 Å². The highest BCUT2D eigenvalue weighted by atomic mass is 16.1. The van der Waals surface area contributed by atoms with E-state index < -0.39 is 0 Å². The van der Waals surface area contributed by atoms with Crippen LogP contribution in [0.25, 0.3) is 0 Å². The molecule has 1 atom stereocenters. The largest absolute Gasteiger partial charge is 0.274 e. The zero-order valence-corrected chi connectivity index (χ0v) is 6.35. The fourth-order valence-electron chi connectivity index (χ4n) is 0.742. The number of nitriles is 1. The highest BCUT2D eigenvalue weighted by molar-refractivity contribution is 5.79. The second-order valence-corrected chi connectivity index (χ2v) is 2.29. The highest BCUT2D eigenvalue weighted by Gasteiger charge is 2.09. The molecule has 0 bridgehead atoms. The molecule has 0 radical (unpaired) electrons. The van der Waals surface area contributed by atoms with Crippen molar-refractivity contribution in [2.45, 2.75) is 26.7 Å². The molecule has 3 nitrogen and oxygen atoms in total. The third-order valence-electron chi connectivity index (χ3n) is 1.35. The number of carbonyl (C=O) groups excluding carboxylic acids is 1. The molecular formula is C7H12N2O. The summed E-state index contributed by atoms with van der Waals surface area (Å²) in [7, 11) is 0. The molecule has 56 valence electrons. The van der Waals surface area contributed by atoms with Crippen molar-refractivity contribution in [3.05, 3.63) is 0 Å². The molecule has 0 saturated carbocycles. The van der Waals surface area contributed by atoms with Gasteiger partial charge in [0.15, 0.2) is 6.19 Å². The van der Waals surface area contributed by atoms with E-state index >= 15 is 0 Å². The van der Waals surface area contributed by atoms with Crippen LogP contribution in [0, 0.1) is 17.4 Å². The predicted octanol–water partition coefficient (Wildman–Crippen LogP) is 1.02. The summed E-state index contributed by atoms with van der Waals surface area (Å²) in [5.41, 5.74) is 0. The molecule has 0 fully saturated rings. The molecule has 1 N–H and O–H groups in total.